The number of carbonyl (C=O) groups is 1. The fraction of sp³-hybridized carbons (Fsp3) is 0.182. The molecule has 0 bridgehead atoms. The van der Waals surface area contributed by atoms with E-state index in [0.29, 0.717) is 18.1 Å². The Bertz CT molecular complexity index is 538. The zero-order valence-electron chi connectivity index (χ0n) is 9.30. The molecule has 1 amide bonds. The summed E-state index contributed by atoms with van der Waals surface area (Å²) >= 11 is 1.38. The molecule has 0 unspecified atom stereocenters. The monoisotopic (exact) mass is 248 g/mol. The molecular formula is C11H12N4OS. The van der Waals surface area contributed by atoms with Crippen molar-refractivity contribution >= 4 is 23.1 Å². The van der Waals surface area contributed by atoms with Gasteiger partial charge in [0.2, 0.25) is 0 Å². The van der Waals surface area contributed by atoms with Gasteiger partial charge in [-0.05, 0) is 18.6 Å². The van der Waals surface area contributed by atoms with Crippen LogP contribution in [0.5, 0.6) is 0 Å². The molecule has 0 aliphatic rings. The minimum absolute atomic E-state index is 0.261. The highest BCUT2D eigenvalue weighted by Gasteiger charge is 2.11. The van der Waals surface area contributed by atoms with Crippen LogP contribution >= 0.6 is 11.3 Å². The lowest BCUT2D eigenvalue weighted by molar-refractivity contribution is 0.102. The van der Waals surface area contributed by atoms with Gasteiger partial charge in [0, 0.05) is 18.1 Å². The first kappa shape index (κ1) is 11.7. The van der Waals surface area contributed by atoms with Crippen molar-refractivity contribution in [2.75, 3.05) is 5.32 Å². The van der Waals surface area contributed by atoms with Gasteiger partial charge >= 0.3 is 0 Å². The Balaban J connectivity index is 2.14. The summed E-state index contributed by atoms with van der Waals surface area (Å²) in [4.78, 5) is 20.0. The summed E-state index contributed by atoms with van der Waals surface area (Å²) in [5.74, 6) is 0.294. The smallest absolute Gasteiger partial charge is 0.276 e. The van der Waals surface area contributed by atoms with E-state index in [9.17, 15) is 4.79 Å². The van der Waals surface area contributed by atoms with Crippen molar-refractivity contribution in [1.29, 1.82) is 0 Å². The molecule has 0 spiro atoms. The van der Waals surface area contributed by atoms with Crippen LogP contribution in [0.3, 0.4) is 0 Å². The van der Waals surface area contributed by atoms with Crippen LogP contribution in [0.25, 0.3) is 0 Å². The molecule has 2 heterocycles. The minimum Gasteiger partial charge on any atom is -0.325 e. The van der Waals surface area contributed by atoms with Crippen LogP contribution in [0.15, 0.2) is 23.7 Å². The average molecular weight is 248 g/mol. The third kappa shape index (κ3) is 2.66. The summed E-state index contributed by atoms with van der Waals surface area (Å²) in [6.07, 6.45) is 1.63. The van der Waals surface area contributed by atoms with Gasteiger partial charge in [-0.15, -0.1) is 11.3 Å². The molecule has 2 aromatic heterocycles. The first-order valence-electron chi connectivity index (χ1n) is 5.08. The van der Waals surface area contributed by atoms with Crippen LogP contribution in [0.4, 0.5) is 5.82 Å². The number of aryl methyl sites for hydroxylation is 1. The van der Waals surface area contributed by atoms with E-state index in [4.69, 9.17) is 5.73 Å². The number of hydrogen-bond acceptors (Lipinski definition) is 5. The maximum absolute atomic E-state index is 11.8. The molecule has 0 saturated carbocycles. The molecule has 0 radical (unpaired) electrons. The summed E-state index contributed by atoms with van der Waals surface area (Å²) in [5, 5.41) is 5.15. The summed E-state index contributed by atoms with van der Waals surface area (Å²) in [7, 11) is 0. The van der Waals surface area contributed by atoms with Crippen LogP contribution in [0.2, 0.25) is 0 Å². The molecule has 0 aromatic carbocycles. The molecule has 2 rings (SSSR count). The van der Waals surface area contributed by atoms with Crippen molar-refractivity contribution in [3.63, 3.8) is 0 Å². The molecule has 6 heteroatoms. The normalized spacial score (nSPS) is 10.2. The molecule has 5 nitrogen and oxygen atoms in total. The average Bonchev–Trinajstić information content (AvgIpc) is 2.81. The van der Waals surface area contributed by atoms with E-state index in [2.05, 4.69) is 15.3 Å². The number of thiazole rings is 1. The van der Waals surface area contributed by atoms with Gasteiger partial charge in [-0.3, -0.25) is 4.79 Å². The third-order valence-corrected chi connectivity index (χ3v) is 3.07. The Morgan fingerprint density at radius 2 is 2.41 bits per heavy atom. The zero-order chi connectivity index (χ0) is 12.3. The number of rotatable bonds is 3. The lowest BCUT2D eigenvalue weighted by Crippen LogP contribution is -2.14. The predicted molar refractivity (Wildman–Crippen MR) is 66.9 cm³/mol. The summed E-state index contributed by atoms with van der Waals surface area (Å²) in [5.41, 5.74) is 6.73. The first-order valence-corrected chi connectivity index (χ1v) is 5.96. The van der Waals surface area contributed by atoms with Crippen LogP contribution < -0.4 is 11.1 Å². The van der Waals surface area contributed by atoms with E-state index in [-0.39, 0.29) is 5.91 Å². The highest BCUT2D eigenvalue weighted by atomic mass is 32.1. The first-order chi connectivity index (χ1) is 8.20. The number of nitrogens with two attached hydrogens (primary N) is 1. The van der Waals surface area contributed by atoms with Crippen LogP contribution in [0.1, 0.15) is 21.1 Å². The van der Waals surface area contributed by atoms with Gasteiger partial charge < -0.3 is 11.1 Å². The van der Waals surface area contributed by atoms with Crippen LogP contribution in [-0.4, -0.2) is 15.9 Å². The number of amides is 1. The van der Waals surface area contributed by atoms with E-state index < -0.39 is 0 Å². The van der Waals surface area contributed by atoms with Crippen LogP contribution in [0, 0.1) is 6.92 Å². The second-order valence-corrected chi connectivity index (χ2v) is 4.40. The van der Waals surface area contributed by atoms with Crippen molar-refractivity contribution in [2.45, 2.75) is 13.5 Å². The lowest BCUT2D eigenvalue weighted by atomic mass is 10.3. The number of hydrogen-bond donors (Lipinski definition) is 2. The second-order valence-electron chi connectivity index (χ2n) is 3.45. The fourth-order valence-electron chi connectivity index (χ4n) is 1.30. The second kappa shape index (κ2) is 5.03. The van der Waals surface area contributed by atoms with Gasteiger partial charge in [-0.1, -0.05) is 6.07 Å². The van der Waals surface area contributed by atoms with Crippen molar-refractivity contribution in [3.8, 4) is 0 Å². The van der Waals surface area contributed by atoms with E-state index in [1.165, 1.54) is 11.3 Å². The Kier molecular flexibility index (Phi) is 3.46. The molecule has 0 aliphatic heterocycles. The third-order valence-electron chi connectivity index (χ3n) is 2.20. The Labute approximate surface area is 103 Å². The number of carbonyl (C=O) groups excluding carboxylic acids is 1. The molecule has 0 fully saturated rings. The Morgan fingerprint density at radius 1 is 1.59 bits per heavy atom. The molecule has 0 saturated heterocycles. The summed E-state index contributed by atoms with van der Waals surface area (Å²) in [6, 6.07) is 3.70. The van der Waals surface area contributed by atoms with E-state index >= 15 is 0 Å². The maximum atomic E-state index is 11.8. The number of nitrogens with one attached hydrogen (secondary N) is 1. The predicted octanol–water partition coefficient (Wildman–Crippen LogP) is 1.56. The molecule has 0 atom stereocenters. The van der Waals surface area contributed by atoms with Crippen molar-refractivity contribution in [2.24, 2.45) is 5.73 Å². The van der Waals surface area contributed by atoms with E-state index in [0.717, 1.165) is 10.6 Å². The standard InChI is InChI=1S/C11H12N4OS/c1-7-3-2-4-13-10(7)15-11(16)8-6-17-9(5-12)14-8/h2-4,6H,5,12H2,1H3,(H,13,15,16). The van der Waals surface area contributed by atoms with Gasteiger partial charge in [0.25, 0.3) is 5.91 Å². The molecule has 3 N–H and O–H groups in total. The zero-order valence-corrected chi connectivity index (χ0v) is 10.1. The Morgan fingerprint density at radius 3 is 3.06 bits per heavy atom. The van der Waals surface area contributed by atoms with Gasteiger partial charge in [-0.2, -0.15) is 0 Å². The van der Waals surface area contributed by atoms with E-state index in [1.807, 2.05) is 19.1 Å². The molecule has 17 heavy (non-hydrogen) atoms. The van der Waals surface area contributed by atoms with E-state index in [1.54, 1.807) is 11.6 Å². The quantitative estimate of drug-likeness (QED) is 0.863. The largest absolute Gasteiger partial charge is 0.325 e. The van der Waals surface area contributed by atoms with Crippen molar-refractivity contribution in [3.05, 3.63) is 40.0 Å². The van der Waals surface area contributed by atoms with Crippen molar-refractivity contribution < 1.29 is 4.79 Å². The maximum Gasteiger partial charge on any atom is 0.276 e. The Hall–Kier alpha value is -1.79. The number of pyridine rings is 1. The van der Waals surface area contributed by atoms with Gasteiger partial charge in [0.05, 0.1) is 0 Å². The molecule has 88 valence electrons. The van der Waals surface area contributed by atoms with Crippen LogP contribution in [-0.2, 0) is 6.54 Å². The highest BCUT2D eigenvalue weighted by Crippen LogP contribution is 2.13. The molecule has 0 aliphatic carbocycles. The number of aromatic nitrogens is 2. The fourth-order valence-corrected chi connectivity index (χ4v) is 1.95. The highest BCUT2D eigenvalue weighted by molar-refractivity contribution is 7.09. The minimum atomic E-state index is -0.261. The van der Waals surface area contributed by atoms with Gasteiger partial charge in [0.15, 0.2) is 0 Å². The van der Waals surface area contributed by atoms with Gasteiger partial charge in [0.1, 0.15) is 16.5 Å². The molecule has 2 aromatic rings. The lowest BCUT2D eigenvalue weighted by Gasteiger charge is -2.04. The topological polar surface area (TPSA) is 80.9 Å². The summed E-state index contributed by atoms with van der Waals surface area (Å²) in [6.45, 7) is 2.23. The SMILES string of the molecule is Cc1cccnc1NC(=O)c1csc(CN)n1. The molecular weight excluding hydrogens is 236 g/mol. The summed E-state index contributed by atoms with van der Waals surface area (Å²) < 4.78 is 0. The number of anilines is 1. The van der Waals surface area contributed by atoms with Crippen molar-refractivity contribution in [1.82, 2.24) is 9.97 Å². The number of nitrogens with zero attached hydrogens (tertiary/aromatic N) is 2. The van der Waals surface area contributed by atoms with Gasteiger partial charge in [-0.25, -0.2) is 9.97 Å².